The quantitative estimate of drug-likeness (QED) is 0.502. The molecule has 0 aromatic heterocycles. The maximum atomic E-state index is 4.08. The van der Waals surface area contributed by atoms with Crippen molar-refractivity contribution in [1.82, 2.24) is 0 Å². The zero-order valence-electron chi connectivity index (χ0n) is 7.98. The van der Waals surface area contributed by atoms with Crippen molar-refractivity contribution in [2.45, 2.75) is 50.3 Å². The van der Waals surface area contributed by atoms with Crippen LogP contribution in [0.25, 0.3) is 0 Å². The second-order valence-corrected chi connectivity index (χ2v) is 5.23. The largest absolute Gasteiger partial charge is 0.0999 e. The minimum atomic E-state index is 0.779. The summed E-state index contributed by atoms with van der Waals surface area (Å²) in [6, 6.07) is 0. The number of allylic oxidation sites excluding steroid dienone is 1. The lowest BCUT2D eigenvalue weighted by Crippen LogP contribution is -2.15. The molecule has 0 aromatic carbocycles. The first-order chi connectivity index (χ1) is 5.72. The maximum absolute atomic E-state index is 4.08. The van der Waals surface area contributed by atoms with Crippen molar-refractivity contribution in [1.29, 1.82) is 0 Å². The number of halogens is 1. The predicted octanol–water partition coefficient (Wildman–Crippen LogP) is 4.30. The molecule has 0 N–H and O–H groups in total. The second-order valence-electron chi connectivity index (χ2n) is 3.94. The van der Waals surface area contributed by atoms with Gasteiger partial charge in [-0.2, -0.15) is 0 Å². The smallest absolute Gasteiger partial charge is 0.0148 e. The summed E-state index contributed by atoms with van der Waals surface area (Å²) in [5.74, 6) is 0.913. The molecule has 1 aliphatic rings. The van der Waals surface area contributed by atoms with E-state index in [4.69, 9.17) is 0 Å². The van der Waals surface area contributed by atoms with Crippen LogP contribution < -0.4 is 0 Å². The predicted molar refractivity (Wildman–Crippen MR) is 58.7 cm³/mol. The molecule has 0 radical (unpaired) electrons. The van der Waals surface area contributed by atoms with E-state index in [1.165, 1.54) is 37.7 Å². The Morgan fingerprint density at radius 2 is 2.25 bits per heavy atom. The third-order valence-electron chi connectivity index (χ3n) is 2.80. The molecule has 2 unspecified atom stereocenters. The number of hydrogen-bond donors (Lipinski definition) is 0. The fourth-order valence-corrected chi connectivity index (χ4v) is 2.82. The SMILES string of the molecule is C=C(CC)CC1CCCC(Br)C1. The molecule has 0 spiro atoms. The highest BCUT2D eigenvalue weighted by Crippen LogP contribution is 2.32. The summed E-state index contributed by atoms with van der Waals surface area (Å²) in [6.07, 6.45) is 7.97. The fraction of sp³-hybridized carbons (Fsp3) is 0.818. The zero-order chi connectivity index (χ0) is 8.97. The van der Waals surface area contributed by atoms with Gasteiger partial charge in [-0.05, 0) is 31.6 Å². The Hall–Kier alpha value is 0.220. The molecule has 0 aromatic rings. The van der Waals surface area contributed by atoms with Crippen LogP contribution in [0.1, 0.15) is 45.4 Å². The van der Waals surface area contributed by atoms with E-state index < -0.39 is 0 Å². The summed E-state index contributed by atoms with van der Waals surface area (Å²) in [6.45, 7) is 6.28. The standard InChI is InChI=1S/C11H19Br/c1-3-9(2)7-10-5-4-6-11(12)8-10/h10-11H,2-8H2,1H3. The highest BCUT2D eigenvalue weighted by Gasteiger charge is 2.19. The summed E-state index contributed by atoms with van der Waals surface area (Å²) in [7, 11) is 0. The van der Waals surface area contributed by atoms with Crippen LogP contribution in [0, 0.1) is 5.92 Å². The van der Waals surface area contributed by atoms with E-state index in [-0.39, 0.29) is 0 Å². The Morgan fingerprint density at radius 3 is 2.83 bits per heavy atom. The molecule has 70 valence electrons. The third kappa shape index (κ3) is 3.30. The Bertz CT molecular complexity index is 151. The van der Waals surface area contributed by atoms with Gasteiger partial charge in [-0.1, -0.05) is 47.8 Å². The lowest BCUT2D eigenvalue weighted by Gasteiger charge is -2.26. The molecule has 1 saturated carbocycles. The lowest BCUT2D eigenvalue weighted by molar-refractivity contribution is 0.365. The van der Waals surface area contributed by atoms with Crippen molar-refractivity contribution in [3.05, 3.63) is 12.2 Å². The minimum absolute atomic E-state index is 0.779. The van der Waals surface area contributed by atoms with Crippen molar-refractivity contribution in [2.24, 2.45) is 5.92 Å². The third-order valence-corrected chi connectivity index (χ3v) is 3.63. The molecular formula is C11H19Br. The van der Waals surface area contributed by atoms with Gasteiger partial charge in [-0.15, -0.1) is 0 Å². The Morgan fingerprint density at radius 1 is 1.50 bits per heavy atom. The zero-order valence-corrected chi connectivity index (χ0v) is 9.57. The molecule has 1 heteroatoms. The van der Waals surface area contributed by atoms with Crippen molar-refractivity contribution < 1.29 is 0 Å². The molecule has 2 atom stereocenters. The van der Waals surface area contributed by atoms with Crippen molar-refractivity contribution >= 4 is 15.9 Å². The average molecular weight is 231 g/mol. The minimum Gasteiger partial charge on any atom is -0.0999 e. The highest BCUT2D eigenvalue weighted by molar-refractivity contribution is 9.09. The normalized spacial score (nSPS) is 30.2. The second kappa shape index (κ2) is 5.06. The van der Waals surface area contributed by atoms with E-state index in [1.54, 1.807) is 0 Å². The summed E-state index contributed by atoms with van der Waals surface area (Å²) in [5.41, 5.74) is 1.43. The van der Waals surface area contributed by atoms with Gasteiger partial charge in [0.15, 0.2) is 0 Å². The number of alkyl halides is 1. The van der Waals surface area contributed by atoms with Gasteiger partial charge in [-0.25, -0.2) is 0 Å². The van der Waals surface area contributed by atoms with Gasteiger partial charge in [0, 0.05) is 4.83 Å². The Labute approximate surface area is 84.6 Å². The number of hydrogen-bond acceptors (Lipinski definition) is 0. The molecule has 0 amide bonds. The van der Waals surface area contributed by atoms with E-state index in [1.807, 2.05) is 0 Å². The first-order valence-electron chi connectivity index (χ1n) is 5.03. The van der Waals surface area contributed by atoms with E-state index in [2.05, 4.69) is 29.4 Å². The Kier molecular flexibility index (Phi) is 4.34. The topological polar surface area (TPSA) is 0 Å². The van der Waals surface area contributed by atoms with Crippen molar-refractivity contribution in [3.8, 4) is 0 Å². The molecule has 0 aliphatic heterocycles. The maximum Gasteiger partial charge on any atom is 0.0148 e. The summed E-state index contributed by atoms with van der Waals surface area (Å²) in [5, 5.41) is 0. The van der Waals surface area contributed by atoms with Crippen molar-refractivity contribution in [2.75, 3.05) is 0 Å². The van der Waals surface area contributed by atoms with Crippen LogP contribution in [0.2, 0.25) is 0 Å². The van der Waals surface area contributed by atoms with Gasteiger partial charge in [0.05, 0.1) is 0 Å². The number of rotatable bonds is 3. The molecule has 1 rings (SSSR count). The summed E-state index contributed by atoms with van der Waals surface area (Å²) >= 11 is 3.71. The van der Waals surface area contributed by atoms with Gasteiger partial charge in [0.25, 0.3) is 0 Å². The van der Waals surface area contributed by atoms with Crippen molar-refractivity contribution in [3.63, 3.8) is 0 Å². The van der Waals surface area contributed by atoms with Gasteiger partial charge in [-0.3, -0.25) is 0 Å². The molecule has 0 bridgehead atoms. The van der Waals surface area contributed by atoms with E-state index in [0.29, 0.717) is 0 Å². The van der Waals surface area contributed by atoms with Gasteiger partial charge in [0.2, 0.25) is 0 Å². The van der Waals surface area contributed by atoms with Crippen LogP contribution in [0.5, 0.6) is 0 Å². The van der Waals surface area contributed by atoms with Crippen LogP contribution >= 0.6 is 15.9 Å². The van der Waals surface area contributed by atoms with Crippen LogP contribution in [-0.2, 0) is 0 Å². The first-order valence-corrected chi connectivity index (χ1v) is 5.94. The first kappa shape index (κ1) is 10.3. The van der Waals surface area contributed by atoms with Crippen LogP contribution in [0.3, 0.4) is 0 Å². The average Bonchev–Trinajstić information content (AvgIpc) is 2.04. The van der Waals surface area contributed by atoms with E-state index in [0.717, 1.165) is 17.2 Å². The van der Waals surface area contributed by atoms with Crippen LogP contribution in [-0.4, -0.2) is 4.83 Å². The summed E-state index contributed by atoms with van der Waals surface area (Å²) in [4.78, 5) is 0.779. The monoisotopic (exact) mass is 230 g/mol. The van der Waals surface area contributed by atoms with Crippen LogP contribution in [0.15, 0.2) is 12.2 Å². The fourth-order valence-electron chi connectivity index (χ4n) is 1.96. The van der Waals surface area contributed by atoms with E-state index in [9.17, 15) is 0 Å². The van der Waals surface area contributed by atoms with Crippen LogP contribution in [0.4, 0.5) is 0 Å². The van der Waals surface area contributed by atoms with Gasteiger partial charge in [0.1, 0.15) is 0 Å². The lowest BCUT2D eigenvalue weighted by atomic mass is 9.84. The highest BCUT2D eigenvalue weighted by atomic mass is 79.9. The molecule has 0 heterocycles. The molecule has 1 fully saturated rings. The molecular weight excluding hydrogens is 212 g/mol. The van der Waals surface area contributed by atoms with E-state index >= 15 is 0 Å². The molecule has 0 saturated heterocycles. The summed E-state index contributed by atoms with van der Waals surface area (Å²) < 4.78 is 0. The molecule has 1 aliphatic carbocycles. The Balaban J connectivity index is 2.27. The van der Waals surface area contributed by atoms with Gasteiger partial charge >= 0.3 is 0 Å². The molecule has 12 heavy (non-hydrogen) atoms. The molecule has 0 nitrogen and oxygen atoms in total. The van der Waals surface area contributed by atoms with Gasteiger partial charge < -0.3 is 0 Å².